The minimum absolute atomic E-state index is 0.134. The number of aliphatic hydroxyl groups is 1. The Kier molecular flexibility index (Phi) is 4.89. The van der Waals surface area contributed by atoms with E-state index in [4.69, 9.17) is 4.43 Å². The molecule has 0 heterocycles. The van der Waals surface area contributed by atoms with E-state index in [0.717, 1.165) is 24.8 Å². The van der Waals surface area contributed by atoms with Crippen LogP contribution in [0.25, 0.3) is 0 Å². The number of benzene rings is 1. The molecular formula is C20H34O2Si. The maximum atomic E-state index is 11.8. The lowest BCUT2D eigenvalue weighted by Crippen LogP contribution is -2.60. The SMILES string of the molecule is CC(C)[C@]1(O[Si](C)(C)C(C)(C)C)CCC[C@]1(O)c1ccccc1. The first kappa shape index (κ1) is 18.7. The lowest BCUT2D eigenvalue weighted by molar-refractivity contribution is -0.151. The van der Waals surface area contributed by atoms with Crippen molar-refractivity contribution < 1.29 is 9.53 Å². The molecule has 1 aliphatic rings. The van der Waals surface area contributed by atoms with Crippen LogP contribution in [-0.4, -0.2) is 19.0 Å². The molecule has 1 aliphatic carbocycles. The molecule has 2 nitrogen and oxygen atoms in total. The van der Waals surface area contributed by atoms with Crippen molar-refractivity contribution in [2.24, 2.45) is 5.92 Å². The topological polar surface area (TPSA) is 29.5 Å². The second-order valence-electron chi connectivity index (χ2n) is 8.99. The van der Waals surface area contributed by atoms with Crippen LogP contribution in [0, 0.1) is 5.92 Å². The van der Waals surface area contributed by atoms with Gasteiger partial charge in [0.05, 0.1) is 5.60 Å². The van der Waals surface area contributed by atoms with Gasteiger partial charge in [-0.2, -0.15) is 0 Å². The average molecular weight is 335 g/mol. The van der Waals surface area contributed by atoms with Crippen LogP contribution in [0.1, 0.15) is 59.4 Å². The van der Waals surface area contributed by atoms with E-state index in [2.05, 4.69) is 59.8 Å². The van der Waals surface area contributed by atoms with Crippen molar-refractivity contribution >= 4 is 8.32 Å². The van der Waals surface area contributed by atoms with Gasteiger partial charge in [0.1, 0.15) is 5.60 Å². The Hall–Kier alpha value is -0.643. The zero-order chi connectivity index (χ0) is 17.5. The molecule has 0 radical (unpaired) electrons. The maximum Gasteiger partial charge on any atom is 0.193 e. The van der Waals surface area contributed by atoms with Crippen LogP contribution in [0.4, 0.5) is 0 Å². The van der Waals surface area contributed by atoms with Crippen LogP contribution in [-0.2, 0) is 10.0 Å². The van der Waals surface area contributed by atoms with E-state index in [-0.39, 0.29) is 11.0 Å². The van der Waals surface area contributed by atoms with Crippen molar-refractivity contribution in [3.63, 3.8) is 0 Å². The summed E-state index contributed by atoms with van der Waals surface area (Å²) >= 11 is 0. The Morgan fingerprint density at radius 2 is 1.65 bits per heavy atom. The highest BCUT2D eigenvalue weighted by Gasteiger charge is 2.60. The molecule has 0 unspecified atom stereocenters. The van der Waals surface area contributed by atoms with Gasteiger partial charge < -0.3 is 9.53 Å². The number of hydrogen-bond acceptors (Lipinski definition) is 2. The van der Waals surface area contributed by atoms with Crippen LogP contribution in [0.15, 0.2) is 30.3 Å². The predicted octanol–water partition coefficient (Wildman–Crippen LogP) is 5.47. The van der Waals surface area contributed by atoms with E-state index in [9.17, 15) is 5.11 Å². The Morgan fingerprint density at radius 3 is 2.13 bits per heavy atom. The molecule has 1 aromatic carbocycles. The average Bonchev–Trinajstić information content (AvgIpc) is 2.77. The summed E-state index contributed by atoms with van der Waals surface area (Å²) in [4.78, 5) is 0. The smallest absolute Gasteiger partial charge is 0.193 e. The molecule has 0 spiro atoms. The van der Waals surface area contributed by atoms with E-state index in [1.54, 1.807) is 0 Å². The Balaban J connectivity index is 2.52. The van der Waals surface area contributed by atoms with E-state index < -0.39 is 19.5 Å². The molecule has 1 fully saturated rings. The Labute approximate surface area is 143 Å². The Morgan fingerprint density at radius 1 is 1.09 bits per heavy atom. The van der Waals surface area contributed by atoms with Crippen LogP contribution >= 0.6 is 0 Å². The first-order valence-electron chi connectivity index (χ1n) is 8.94. The number of rotatable bonds is 4. The van der Waals surface area contributed by atoms with Gasteiger partial charge >= 0.3 is 0 Å². The van der Waals surface area contributed by atoms with Gasteiger partial charge in [-0.15, -0.1) is 0 Å². The van der Waals surface area contributed by atoms with Crippen molar-refractivity contribution in [1.82, 2.24) is 0 Å². The fourth-order valence-corrected chi connectivity index (χ4v) is 5.48. The minimum atomic E-state index is -1.99. The van der Waals surface area contributed by atoms with E-state index >= 15 is 0 Å². The van der Waals surface area contributed by atoms with Crippen LogP contribution in [0.3, 0.4) is 0 Å². The molecule has 2 rings (SSSR count). The van der Waals surface area contributed by atoms with Gasteiger partial charge in [0.15, 0.2) is 8.32 Å². The van der Waals surface area contributed by atoms with Gasteiger partial charge in [-0.25, -0.2) is 0 Å². The third-order valence-electron chi connectivity index (χ3n) is 6.21. The summed E-state index contributed by atoms with van der Waals surface area (Å²) in [5.74, 6) is 0.268. The van der Waals surface area contributed by atoms with Crippen molar-refractivity contribution in [3.05, 3.63) is 35.9 Å². The predicted molar refractivity (Wildman–Crippen MR) is 100 cm³/mol. The lowest BCUT2D eigenvalue weighted by Gasteiger charge is -2.52. The van der Waals surface area contributed by atoms with Crippen molar-refractivity contribution in [1.29, 1.82) is 0 Å². The summed E-state index contributed by atoms with van der Waals surface area (Å²) in [7, 11) is -1.99. The molecule has 0 aromatic heterocycles. The highest BCUT2D eigenvalue weighted by molar-refractivity contribution is 6.74. The second-order valence-corrected chi connectivity index (χ2v) is 13.7. The van der Waals surface area contributed by atoms with Crippen LogP contribution < -0.4 is 0 Å². The van der Waals surface area contributed by atoms with Gasteiger partial charge in [-0.1, -0.05) is 65.0 Å². The molecule has 130 valence electrons. The molecule has 0 amide bonds. The summed E-state index contributed by atoms with van der Waals surface area (Å²) in [6.45, 7) is 15.8. The minimum Gasteiger partial charge on any atom is -0.408 e. The summed E-state index contributed by atoms with van der Waals surface area (Å²) in [6.07, 6.45) is 2.73. The van der Waals surface area contributed by atoms with Gasteiger partial charge in [0.25, 0.3) is 0 Å². The first-order valence-corrected chi connectivity index (χ1v) is 11.9. The normalized spacial score (nSPS) is 29.3. The summed E-state index contributed by atoms with van der Waals surface area (Å²) in [5.41, 5.74) is -0.375. The largest absolute Gasteiger partial charge is 0.408 e. The van der Waals surface area contributed by atoms with Crippen molar-refractivity contribution in [2.75, 3.05) is 0 Å². The zero-order valence-electron chi connectivity index (χ0n) is 15.9. The molecule has 0 aliphatic heterocycles. The van der Waals surface area contributed by atoms with Gasteiger partial charge in [0.2, 0.25) is 0 Å². The van der Waals surface area contributed by atoms with Gasteiger partial charge in [0, 0.05) is 0 Å². The molecule has 0 saturated heterocycles. The van der Waals surface area contributed by atoms with Crippen molar-refractivity contribution in [3.8, 4) is 0 Å². The first-order chi connectivity index (χ1) is 10.5. The molecular weight excluding hydrogens is 300 g/mol. The molecule has 2 atom stereocenters. The zero-order valence-corrected chi connectivity index (χ0v) is 16.9. The monoisotopic (exact) mass is 334 g/mol. The maximum absolute atomic E-state index is 11.8. The van der Waals surface area contributed by atoms with E-state index in [1.807, 2.05) is 18.2 Å². The fourth-order valence-electron chi connectivity index (χ4n) is 3.76. The Bertz CT molecular complexity index is 532. The van der Waals surface area contributed by atoms with Crippen molar-refractivity contribution in [2.45, 2.75) is 83.2 Å². The highest BCUT2D eigenvalue weighted by atomic mass is 28.4. The number of hydrogen-bond donors (Lipinski definition) is 1. The standard InChI is InChI=1S/C20H34O2Si/c1-16(2)20(22-23(6,7)18(3,4)5)15-11-14-19(20,21)17-12-9-8-10-13-17/h8-10,12-13,16,21H,11,14-15H2,1-7H3/t19-,20+/m0/s1. The highest BCUT2D eigenvalue weighted by Crippen LogP contribution is 2.55. The lowest BCUT2D eigenvalue weighted by atomic mass is 9.74. The fraction of sp³-hybridized carbons (Fsp3) is 0.700. The molecule has 23 heavy (non-hydrogen) atoms. The summed E-state index contributed by atoms with van der Waals surface area (Å²) < 4.78 is 6.97. The summed E-state index contributed by atoms with van der Waals surface area (Å²) in [6, 6.07) is 10.1. The molecule has 0 bridgehead atoms. The van der Waals surface area contributed by atoms with Crippen LogP contribution in [0.5, 0.6) is 0 Å². The summed E-state index contributed by atoms with van der Waals surface area (Å²) in [5, 5.41) is 11.9. The molecule has 1 aromatic rings. The van der Waals surface area contributed by atoms with Crippen LogP contribution in [0.2, 0.25) is 18.1 Å². The second kappa shape index (κ2) is 6.02. The van der Waals surface area contributed by atoms with Gasteiger partial charge in [-0.05, 0) is 48.9 Å². The van der Waals surface area contributed by atoms with E-state index in [1.165, 1.54) is 0 Å². The third kappa shape index (κ3) is 3.03. The molecule has 1 saturated carbocycles. The quantitative estimate of drug-likeness (QED) is 0.739. The molecule has 1 N–H and O–H groups in total. The molecule has 3 heteroatoms. The van der Waals surface area contributed by atoms with E-state index in [0.29, 0.717) is 0 Å². The third-order valence-corrected chi connectivity index (χ3v) is 10.7. The van der Waals surface area contributed by atoms with Gasteiger partial charge in [-0.3, -0.25) is 0 Å².